The van der Waals surface area contributed by atoms with Crippen molar-refractivity contribution in [3.8, 4) is 5.75 Å². The van der Waals surface area contributed by atoms with Gasteiger partial charge >= 0.3 is 15.6 Å². The van der Waals surface area contributed by atoms with E-state index in [-0.39, 0.29) is 33.9 Å². The summed E-state index contributed by atoms with van der Waals surface area (Å²) in [6.07, 6.45) is 0.102. The number of halogens is 4. The van der Waals surface area contributed by atoms with E-state index in [2.05, 4.69) is 9.17 Å². The van der Waals surface area contributed by atoms with E-state index in [4.69, 9.17) is 15.7 Å². The lowest BCUT2D eigenvalue weighted by molar-refractivity contribution is -0.0500. The molecule has 0 aliphatic carbocycles. The van der Waals surface area contributed by atoms with Gasteiger partial charge in [-0.15, -0.1) is 0 Å². The van der Waals surface area contributed by atoms with Gasteiger partial charge < -0.3 is 13.7 Å². The van der Waals surface area contributed by atoms with Crippen LogP contribution in [0.5, 0.6) is 5.75 Å². The molecule has 32 heavy (non-hydrogen) atoms. The van der Waals surface area contributed by atoms with Crippen molar-refractivity contribution < 1.29 is 34.7 Å². The molecule has 0 N–H and O–H groups in total. The van der Waals surface area contributed by atoms with Crippen LogP contribution in [0.15, 0.2) is 30.3 Å². The average molecular weight is 489 g/mol. The number of hydrogen-bond donors (Lipinski definition) is 0. The summed E-state index contributed by atoms with van der Waals surface area (Å²) in [5, 5.41) is 0.205. The molecular weight excluding hydrogens is 471 g/mol. The Labute approximate surface area is 189 Å². The maximum atomic E-state index is 13.5. The smallest absolute Gasteiger partial charge is 0.376 e. The quantitative estimate of drug-likeness (QED) is 0.396. The minimum absolute atomic E-state index is 0.102. The Balaban J connectivity index is 1.76. The lowest BCUT2D eigenvalue weighted by Gasteiger charge is -2.25. The summed E-state index contributed by atoms with van der Waals surface area (Å²) in [4.78, 5) is 18.7. The number of hydrogen-bond acceptors (Lipinski definition) is 5. The minimum Gasteiger partial charge on any atom is -0.376 e. The van der Waals surface area contributed by atoms with Crippen molar-refractivity contribution >= 4 is 38.7 Å². The first kappa shape index (κ1) is 17.7. The number of aryl methyl sites for hydroxylation is 1. The molecule has 5 rings (SSSR count). The Bertz CT molecular complexity index is 1520. The lowest BCUT2D eigenvalue weighted by Crippen LogP contribution is -2.31. The van der Waals surface area contributed by atoms with Crippen LogP contribution in [0.25, 0.3) is 11.0 Å². The first-order valence-electron chi connectivity index (χ1n) is 10.8. The normalized spacial score (nSPS) is 22.1. The van der Waals surface area contributed by atoms with E-state index in [9.17, 15) is 26.4 Å². The monoisotopic (exact) mass is 488 g/mol. The van der Waals surface area contributed by atoms with E-state index >= 15 is 0 Å². The maximum Gasteiger partial charge on any atom is 0.534 e. The summed E-state index contributed by atoms with van der Waals surface area (Å²) in [5.74, 6) is -1.14. The van der Waals surface area contributed by atoms with Crippen molar-refractivity contribution in [3.05, 3.63) is 57.9 Å². The molecular formula is C20H15ClF3N3O4S. The van der Waals surface area contributed by atoms with E-state index in [0.717, 1.165) is 17.0 Å². The molecule has 168 valence electrons. The summed E-state index contributed by atoms with van der Waals surface area (Å²) in [5.41, 5.74) is -4.19. The molecule has 0 radical (unpaired) electrons. The van der Waals surface area contributed by atoms with Gasteiger partial charge in [0, 0.05) is 39.7 Å². The Morgan fingerprint density at radius 1 is 1.25 bits per heavy atom. The van der Waals surface area contributed by atoms with Crippen LogP contribution in [0.3, 0.4) is 0 Å². The number of alkyl halides is 3. The van der Waals surface area contributed by atoms with Crippen LogP contribution in [-0.4, -0.2) is 41.3 Å². The van der Waals surface area contributed by atoms with Gasteiger partial charge in [-0.25, -0.2) is 4.98 Å². The second-order valence-corrected chi connectivity index (χ2v) is 9.51. The van der Waals surface area contributed by atoms with Crippen LogP contribution in [0.1, 0.15) is 49.9 Å². The second kappa shape index (κ2) is 6.61. The molecule has 7 nitrogen and oxygen atoms in total. The van der Waals surface area contributed by atoms with Gasteiger partial charge in [0.25, 0.3) is 5.91 Å². The number of nitrogens with zero attached hydrogens (tertiary/aromatic N) is 3. The van der Waals surface area contributed by atoms with Crippen LogP contribution in [0.4, 0.5) is 13.2 Å². The zero-order valence-electron chi connectivity index (χ0n) is 19.1. The molecule has 0 saturated heterocycles. The number of amides is 1. The van der Waals surface area contributed by atoms with Gasteiger partial charge in [-0.05, 0) is 30.7 Å². The van der Waals surface area contributed by atoms with Crippen molar-refractivity contribution in [3.63, 3.8) is 0 Å². The highest BCUT2D eigenvalue weighted by atomic mass is 35.5. The zero-order chi connectivity index (χ0) is 25.7. The van der Waals surface area contributed by atoms with Gasteiger partial charge in [0.2, 0.25) is 0 Å². The highest BCUT2D eigenvalue weighted by molar-refractivity contribution is 7.88. The number of carbonyl (C=O) groups excluding carboxylic acids is 1. The van der Waals surface area contributed by atoms with E-state index < -0.39 is 46.3 Å². The Kier molecular flexibility index (Phi) is 3.66. The van der Waals surface area contributed by atoms with Gasteiger partial charge in [-0.3, -0.25) is 4.79 Å². The fourth-order valence-corrected chi connectivity index (χ4v) is 5.08. The molecule has 2 aliphatic rings. The molecule has 2 aliphatic heterocycles. The molecule has 2 bridgehead atoms. The van der Waals surface area contributed by atoms with Gasteiger partial charge in [-0.2, -0.15) is 21.6 Å². The Morgan fingerprint density at radius 3 is 2.69 bits per heavy atom. The van der Waals surface area contributed by atoms with E-state index in [1.54, 1.807) is 23.6 Å². The highest BCUT2D eigenvalue weighted by Crippen LogP contribution is 2.50. The van der Waals surface area contributed by atoms with Crippen molar-refractivity contribution in [2.45, 2.75) is 30.9 Å². The number of benzene rings is 2. The third-order valence-electron chi connectivity index (χ3n) is 5.71. The zero-order valence-corrected chi connectivity index (χ0v) is 17.7. The largest absolute Gasteiger partial charge is 0.534 e. The van der Waals surface area contributed by atoms with Gasteiger partial charge in [0.1, 0.15) is 11.6 Å². The fourth-order valence-electron chi connectivity index (χ4n) is 4.34. The van der Waals surface area contributed by atoms with E-state index in [0.29, 0.717) is 11.1 Å². The van der Waals surface area contributed by atoms with Crippen LogP contribution in [-0.2, 0) is 10.1 Å². The van der Waals surface area contributed by atoms with Gasteiger partial charge in [0.15, 0.2) is 0 Å². The van der Waals surface area contributed by atoms with E-state index in [1.807, 2.05) is 0 Å². The molecule has 3 heterocycles. The third kappa shape index (κ3) is 2.83. The molecule has 0 saturated carbocycles. The molecule has 1 aromatic heterocycles. The first-order chi connectivity index (χ1) is 16.1. The second-order valence-electron chi connectivity index (χ2n) is 7.57. The molecule has 0 fully saturated rings. The minimum atomic E-state index is -5.91. The number of imidazole rings is 1. The van der Waals surface area contributed by atoms with Crippen molar-refractivity contribution in [2.24, 2.45) is 0 Å². The summed E-state index contributed by atoms with van der Waals surface area (Å²) in [6.45, 7) is -1.18. The molecule has 0 unspecified atom stereocenters. The number of carbonyl (C=O) groups is 1. The molecule has 2 aromatic carbocycles. The van der Waals surface area contributed by atoms with Crippen LogP contribution < -0.4 is 4.18 Å². The van der Waals surface area contributed by atoms with Crippen molar-refractivity contribution in [1.29, 1.82) is 0 Å². The number of aromatic nitrogens is 2. The molecule has 3 aromatic rings. The summed E-state index contributed by atoms with van der Waals surface area (Å²) >= 11 is 6.49. The topological polar surface area (TPSA) is 81.5 Å². The summed E-state index contributed by atoms with van der Waals surface area (Å²) < 4.78 is 91.3. The molecule has 12 heteroatoms. The fraction of sp³-hybridized carbons (Fsp3) is 0.300. The van der Waals surface area contributed by atoms with Crippen LogP contribution in [0, 0.1) is 6.92 Å². The van der Waals surface area contributed by atoms with Gasteiger partial charge in [-0.1, -0.05) is 17.7 Å². The SMILES string of the molecule is [2H]C([2H])([2H])N1C(=O)c2c(C)ccc(Cl)c2[C@H]2C[C@@H]1c1nc3ccc(OS(=O)(=O)C(F)(F)F)cc3n12. The Hall–Kier alpha value is -2.79. The predicted molar refractivity (Wildman–Crippen MR) is 109 cm³/mol. The summed E-state index contributed by atoms with van der Waals surface area (Å²) in [7, 11) is -5.91. The Morgan fingerprint density at radius 2 is 2.00 bits per heavy atom. The van der Waals surface area contributed by atoms with E-state index in [1.165, 1.54) is 6.07 Å². The predicted octanol–water partition coefficient (Wildman–Crippen LogP) is 4.35. The number of fused-ring (bicyclic) bond motifs is 9. The first-order valence-corrected chi connectivity index (χ1v) is 11.1. The van der Waals surface area contributed by atoms with Crippen LogP contribution >= 0.6 is 11.6 Å². The molecule has 1 amide bonds. The number of rotatable bonds is 2. The van der Waals surface area contributed by atoms with Crippen molar-refractivity contribution in [1.82, 2.24) is 14.5 Å². The molecule has 0 spiro atoms. The maximum absolute atomic E-state index is 13.5. The van der Waals surface area contributed by atoms with Crippen LogP contribution in [0.2, 0.25) is 5.02 Å². The summed E-state index contributed by atoms with van der Waals surface area (Å²) in [6, 6.07) is 4.84. The average Bonchev–Trinajstić information content (AvgIpc) is 3.20. The molecule has 2 atom stereocenters. The lowest BCUT2D eigenvalue weighted by atomic mass is 9.95. The van der Waals surface area contributed by atoms with Gasteiger partial charge in [0.05, 0.1) is 23.1 Å². The standard InChI is InChI=1S/C20H15ClF3N3O4S/c1-9-3-5-11(21)17-14-8-15(26(2)19(28)16(9)17)18-25-12-6-4-10(7-13(12)27(14)18)31-32(29,30)20(22,23)24/h3-7,14-15H,8H2,1-2H3/t14-,15-/m1/s1/i2D3. The van der Waals surface area contributed by atoms with Crippen molar-refractivity contribution in [2.75, 3.05) is 6.98 Å². The highest BCUT2D eigenvalue weighted by Gasteiger charge is 2.49. The third-order valence-corrected chi connectivity index (χ3v) is 7.02.